The number of carbonyl (C=O) groups is 1. The number of nitrogens with zero attached hydrogens (tertiary/aromatic N) is 1. The third kappa shape index (κ3) is 4.84. The van der Waals surface area contributed by atoms with Gasteiger partial charge in [-0.05, 0) is 62.7 Å². The number of sulfonamides is 1. The number of halogens is 1. The Morgan fingerprint density at radius 2 is 1.82 bits per heavy atom. The fourth-order valence-corrected chi connectivity index (χ4v) is 4.52. The molecule has 8 heteroatoms. The SMILES string of the molecule is CNCC1CCCN1C(=O)c1ccc(S(=O)(=O)Nc2ccccc2C)cc1.Cl. The molecule has 2 N–H and O–H groups in total. The highest BCUT2D eigenvalue weighted by Crippen LogP contribution is 2.22. The van der Waals surface area contributed by atoms with E-state index in [0.29, 0.717) is 11.3 Å². The smallest absolute Gasteiger partial charge is 0.261 e. The molecule has 3 rings (SSSR count). The van der Waals surface area contributed by atoms with Crippen LogP contribution in [-0.4, -0.2) is 45.4 Å². The van der Waals surface area contributed by atoms with E-state index in [1.807, 2.05) is 31.0 Å². The van der Waals surface area contributed by atoms with E-state index >= 15 is 0 Å². The molecule has 0 spiro atoms. The minimum absolute atomic E-state index is 0. The largest absolute Gasteiger partial charge is 0.334 e. The van der Waals surface area contributed by atoms with E-state index in [1.165, 1.54) is 12.1 Å². The van der Waals surface area contributed by atoms with Crippen molar-refractivity contribution in [3.8, 4) is 0 Å². The summed E-state index contributed by atoms with van der Waals surface area (Å²) in [5, 5.41) is 3.12. The maximum atomic E-state index is 12.8. The predicted molar refractivity (Wildman–Crippen MR) is 114 cm³/mol. The first kappa shape index (κ1) is 22.2. The first-order valence-corrected chi connectivity index (χ1v) is 10.5. The maximum absolute atomic E-state index is 12.8. The van der Waals surface area contributed by atoms with Crippen molar-refractivity contribution in [1.82, 2.24) is 10.2 Å². The Hall–Kier alpha value is -2.09. The molecule has 1 atom stereocenters. The predicted octanol–water partition coefficient (Wildman–Crippen LogP) is 3.04. The van der Waals surface area contributed by atoms with E-state index in [2.05, 4.69) is 10.0 Å². The lowest BCUT2D eigenvalue weighted by molar-refractivity contribution is 0.0737. The second kappa shape index (κ2) is 9.41. The summed E-state index contributed by atoms with van der Waals surface area (Å²) in [6, 6.07) is 13.5. The molecule has 1 heterocycles. The van der Waals surface area contributed by atoms with Gasteiger partial charge in [0, 0.05) is 24.7 Å². The summed E-state index contributed by atoms with van der Waals surface area (Å²) >= 11 is 0. The summed E-state index contributed by atoms with van der Waals surface area (Å²) in [4.78, 5) is 14.8. The lowest BCUT2D eigenvalue weighted by Crippen LogP contribution is -2.40. The van der Waals surface area contributed by atoms with Crippen LogP contribution >= 0.6 is 12.4 Å². The van der Waals surface area contributed by atoms with Gasteiger partial charge >= 0.3 is 0 Å². The average Bonchev–Trinajstić information content (AvgIpc) is 3.12. The quantitative estimate of drug-likeness (QED) is 0.748. The van der Waals surface area contributed by atoms with Crippen molar-refractivity contribution < 1.29 is 13.2 Å². The monoisotopic (exact) mass is 423 g/mol. The molecule has 1 saturated heterocycles. The molecule has 152 valence electrons. The lowest BCUT2D eigenvalue weighted by Gasteiger charge is -2.24. The summed E-state index contributed by atoms with van der Waals surface area (Å²) in [5.41, 5.74) is 1.90. The molecular weight excluding hydrogens is 398 g/mol. The Balaban J connectivity index is 0.00000280. The Kier molecular flexibility index (Phi) is 7.46. The van der Waals surface area contributed by atoms with Gasteiger partial charge in [0.25, 0.3) is 15.9 Å². The first-order valence-electron chi connectivity index (χ1n) is 9.06. The van der Waals surface area contributed by atoms with Crippen molar-refractivity contribution in [2.75, 3.05) is 24.9 Å². The maximum Gasteiger partial charge on any atom is 0.261 e. The number of likely N-dealkylation sites (N-methyl/N-ethyl adjacent to an activating group) is 1. The van der Waals surface area contributed by atoms with Gasteiger partial charge < -0.3 is 10.2 Å². The summed E-state index contributed by atoms with van der Waals surface area (Å²) < 4.78 is 27.8. The normalized spacial score (nSPS) is 16.5. The highest BCUT2D eigenvalue weighted by molar-refractivity contribution is 7.92. The Bertz CT molecular complexity index is 917. The van der Waals surface area contributed by atoms with E-state index in [-0.39, 0.29) is 29.3 Å². The third-order valence-electron chi connectivity index (χ3n) is 4.88. The number of anilines is 1. The molecule has 0 saturated carbocycles. The Morgan fingerprint density at radius 3 is 2.46 bits per heavy atom. The van der Waals surface area contributed by atoms with Crippen molar-refractivity contribution in [2.24, 2.45) is 0 Å². The van der Waals surface area contributed by atoms with Crippen molar-refractivity contribution >= 4 is 34.0 Å². The number of likely N-dealkylation sites (tertiary alicyclic amines) is 1. The first-order chi connectivity index (χ1) is 12.9. The molecule has 1 aliphatic heterocycles. The van der Waals surface area contributed by atoms with Gasteiger partial charge in [-0.3, -0.25) is 9.52 Å². The zero-order valence-electron chi connectivity index (χ0n) is 16.0. The molecule has 1 amide bonds. The number of hydrogen-bond donors (Lipinski definition) is 2. The van der Waals surface area contributed by atoms with E-state index in [9.17, 15) is 13.2 Å². The number of rotatable bonds is 6. The van der Waals surface area contributed by atoms with Crippen molar-refractivity contribution in [2.45, 2.75) is 30.7 Å². The minimum atomic E-state index is -3.70. The van der Waals surface area contributed by atoms with Crippen LogP contribution in [0.4, 0.5) is 5.69 Å². The van der Waals surface area contributed by atoms with E-state index in [4.69, 9.17) is 0 Å². The van der Waals surface area contributed by atoms with Gasteiger partial charge in [0.2, 0.25) is 0 Å². The molecule has 2 aromatic rings. The summed E-state index contributed by atoms with van der Waals surface area (Å²) in [7, 11) is -1.82. The van der Waals surface area contributed by atoms with E-state index in [0.717, 1.165) is 31.5 Å². The molecule has 0 radical (unpaired) electrons. The number of nitrogens with one attached hydrogen (secondary N) is 2. The number of amides is 1. The molecular formula is C20H26ClN3O3S. The second-order valence-electron chi connectivity index (χ2n) is 6.80. The van der Waals surface area contributed by atoms with Crippen molar-refractivity contribution in [3.05, 3.63) is 59.7 Å². The molecule has 1 unspecified atom stereocenters. The van der Waals surface area contributed by atoms with Crippen LogP contribution in [0.2, 0.25) is 0 Å². The molecule has 0 bridgehead atoms. The summed E-state index contributed by atoms with van der Waals surface area (Å²) in [6.07, 6.45) is 1.98. The fraction of sp³-hybridized carbons (Fsp3) is 0.350. The molecule has 28 heavy (non-hydrogen) atoms. The van der Waals surface area contributed by atoms with Gasteiger partial charge in [0.15, 0.2) is 0 Å². The number of carbonyl (C=O) groups excluding carboxylic acids is 1. The molecule has 6 nitrogen and oxygen atoms in total. The standard InChI is InChI=1S/C20H25N3O3S.ClH/c1-15-6-3-4-8-19(15)22-27(25,26)18-11-9-16(10-12-18)20(24)23-13-5-7-17(23)14-21-2;/h3-4,6,8-12,17,21-22H,5,7,13-14H2,1-2H3;1H. The van der Waals surface area contributed by atoms with Crippen LogP contribution in [0.3, 0.4) is 0 Å². The van der Waals surface area contributed by atoms with Crippen LogP contribution in [-0.2, 0) is 10.0 Å². The minimum Gasteiger partial charge on any atom is -0.334 e. The summed E-state index contributed by atoms with van der Waals surface area (Å²) in [6.45, 7) is 3.34. The second-order valence-corrected chi connectivity index (χ2v) is 8.48. The molecule has 1 fully saturated rings. The highest BCUT2D eigenvalue weighted by Gasteiger charge is 2.29. The van der Waals surface area contributed by atoms with Crippen LogP contribution < -0.4 is 10.0 Å². The van der Waals surface area contributed by atoms with Crippen LogP contribution in [0.5, 0.6) is 0 Å². The number of para-hydroxylation sites is 1. The van der Waals surface area contributed by atoms with Crippen molar-refractivity contribution in [1.29, 1.82) is 0 Å². The van der Waals surface area contributed by atoms with Gasteiger partial charge in [-0.2, -0.15) is 0 Å². The van der Waals surface area contributed by atoms with E-state index < -0.39 is 10.0 Å². The van der Waals surface area contributed by atoms with Crippen LogP contribution in [0.1, 0.15) is 28.8 Å². The number of aryl methyl sites for hydroxylation is 1. The Morgan fingerprint density at radius 1 is 1.14 bits per heavy atom. The number of hydrogen-bond acceptors (Lipinski definition) is 4. The third-order valence-corrected chi connectivity index (χ3v) is 6.26. The van der Waals surface area contributed by atoms with Gasteiger partial charge in [0.1, 0.15) is 0 Å². The zero-order chi connectivity index (χ0) is 19.4. The van der Waals surface area contributed by atoms with Gasteiger partial charge in [-0.1, -0.05) is 18.2 Å². The molecule has 0 aromatic heterocycles. The fourth-order valence-electron chi connectivity index (χ4n) is 3.38. The highest BCUT2D eigenvalue weighted by atomic mass is 35.5. The lowest BCUT2D eigenvalue weighted by atomic mass is 10.1. The molecule has 0 aliphatic carbocycles. The molecule has 2 aromatic carbocycles. The van der Waals surface area contributed by atoms with Crippen LogP contribution in [0, 0.1) is 6.92 Å². The topological polar surface area (TPSA) is 78.5 Å². The Labute approximate surface area is 172 Å². The average molecular weight is 424 g/mol. The summed E-state index contributed by atoms with van der Waals surface area (Å²) in [5.74, 6) is -0.0523. The van der Waals surface area contributed by atoms with Gasteiger partial charge in [-0.25, -0.2) is 8.42 Å². The number of benzene rings is 2. The van der Waals surface area contributed by atoms with Gasteiger partial charge in [0.05, 0.1) is 10.6 Å². The van der Waals surface area contributed by atoms with E-state index in [1.54, 1.807) is 24.3 Å². The zero-order valence-corrected chi connectivity index (χ0v) is 17.6. The van der Waals surface area contributed by atoms with Gasteiger partial charge in [-0.15, -0.1) is 12.4 Å². The van der Waals surface area contributed by atoms with Crippen molar-refractivity contribution in [3.63, 3.8) is 0 Å². The van der Waals surface area contributed by atoms with Crippen LogP contribution in [0.25, 0.3) is 0 Å². The van der Waals surface area contributed by atoms with Crippen LogP contribution in [0.15, 0.2) is 53.4 Å². The molecule has 1 aliphatic rings.